The molecule has 0 aliphatic heterocycles. The van der Waals surface area contributed by atoms with Gasteiger partial charge in [-0.25, -0.2) is 0 Å². The van der Waals surface area contributed by atoms with Crippen LogP contribution in [0.25, 0.3) is 0 Å². The van der Waals surface area contributed by atoms with E-state index >= 15 is 0 Å². The van der Waals surface area contributed by atoms with Gasteiger partial charge in [0.1, 0.15) is 0 Å². The quantitative estimate of drug-likeness (QED) is 0.602. The third kappa shape index (κ3) is 10.3. The van der Waals surface area contributed by atoms with Crippen molar-refractivity contribution in [3.05, 3.63) is 0 Å². The van der Waals surface area contributed by atoms with Crippen LogP contribution in [0.2, 0.25) is 0 Å². The summed E-state index contributed by atoms with van der Waals surface area (Å²) in [6.45, 7) is 0. The molecular weight excluding hydrogens is 292 g/mol. The van der Waals surface area contributed by atoms with Gasteiger partial charge < -0.3 is 0 Å². The van der Waals surface area contributed by atoms with E-state index in [1.165, 1.54) is 18.6 Å². The van der Waals surface area contributed by atoms with Crippen molar-refractivity contribution in [2.75, 3.05) is 0 Å². The molecule has 4 heteroatoms. The molecule has 0 saturated heterocycles. The summed E-state index contributed by atoms with van der Waals surface area (Å²) >= 11 is -2.13. The fourth-order valence-electron chi connectivity index (χ4n) is 0. The molecule has 0 aliphatic carbocycles. The molecule has 0 aromatic carbocycles. The van der Waals surface area contributed by atoms with E-state index in [9.17, 15) is 5.72 Å². The van der Waals surface area contributed by atoms with E-state index in [2.05, 4.69) is 0 Å². The number of rotatable bonds is 0. The normalized spacial score (nSPS) is 11.2. The summed E-state index contributed by atoms with van der Waals surface area (Å²) in [7, 11) is 0. The van der Waals surface area contributed by atoms with Gasteiger partial charge in [-0.05, 0) is 0 Å². The monoisotopic (exact) mass is 292 g/mol. The Morgan fingerprint density at radius 2 is 1.50 bits per heavy atom. The Morgan fingerprint density at radius 1 is 1.50 bits per heavy atom. The van der Waals surface area contributed by atoms with Crippen molar-refractivity contribution < 1.29 is 5.72 Å². The van der Waals surface area contributed by atoms with Gasteiger partial charge in [-0.2, -0.15) is 0 Å². The molecule has 0 aromatic heterocycles. The Labute approximate surface area is 41.1 Å². The average molecular weight is 292 g/mol. The molecule has 0 aromatic rings. The van der Waals surface area contributed by atoms with Crippen LogP contribution in [-0.4, -0.2) is 0 Å². The van der Waals surface area contributed by atoms with E-state index in [1.807, 2.05) is 0 Å². The molecule has 4 heavy (non-hydrogen) atoms. The molecule has 0 fully saturated rings. The van der Waals surface area contributed by atoms with Crippen LogP contribution < -0.4 is 0 Å². The Morgan fingerprint density at radius 3 is 1.50 bits per heavy atom. The number of halogens is 4. The van der Waals surface area contributed by atoms with Crippen molar-refractivity contribution in [1.82, 2.24) is 0 Å². The zero-order chi connectivity index (χ0) is 3.58. The first-order chi connectivity index (χ1) is 1.73. The van der Waals surface area contributed by atoms with Crippen LogP contribution >= 0.6 is 35.6 Å². The molecule has 0 amide bonds. The molecule has 0 atom stereocenters. The maximum absolute atomic E-state index is 10.5. The van der Waals surface area contributed by atoms with E-state index < -0.39 is 17.0 Å². The second kappa shape index (κ2) is 2.55. The molecule has 0 rings (SSSR count). The molecule has 0 spiro atoms. The van der Waals surface area contributed by atoms with Crippen LogP contribution in [0.1, 0.15) is 0 Å². The summed E-state index contributed by atoms with van der Waals surface area (Å²) in [5, 5.41) is 0. The van der Waals surface area contributed by atoms with Crippen molar-refractivity contribution in [3.8, 4) is 0 Å². The average Bonchev–Trinajstić information content (AvgIpc) is 0.811. The van der Waals surface area contributed by atoms with Crippen LogP contribution in [0.3, 0.4) is 0 Å². The molecule has 28 valence electrons. The van der Waals surface area contributed by atoms with Gasteiger partial charge in [0, 0.05) is 0 Å². The summed E-state index contributed by atoms with van der Waals surface area (Å²) in [5.41, 5.74) is 0. The van der Waals surface area contributed by atoms with E-state index in [0.29, 0.717) is 0 Å². The molecule has 0 unspecified atom stereocenters. The second-order valence-electron chi connectivity index (χ2n) is 0.162. The van der Waals surface area contributed by atoms with Gasteiger partial charge >= 0.3 is 41.3 Å². The first-order valence-corrected chi connectivity index (χ1v) is 8.35. The standard InChI is InChI=1S/F2I2/c1-4(2)3. The molecule has 0 aliphatic rings. The van der Waals surface area contributed by atoms with Gasteiger partial charge in [-0.1, -0.05) is 0 Å². The Hall–Kier alpha value is 1.32. The van der Waals surface area contributed by atoms with E-state index in [1.54, 1.807) is 0 Å². The maximum atomic E-state index is 10.5. The molecule has 0 saturated carbocycles. The van der Waals surface area contributed by atoms with Gasteiger partial charge in [0.25, 0.3) is 0 Å². The van der Waals surface area contributed by atoms with Crippen molar-refractivity contribution >= 4 is 35.6 Å². The zero-order valence-electron chi connectivity index (χ0n) is 1.51. The van der Waals surface area contributed by atoms with Crippen molar-refractivity contribution in [2.24, 2.45) is 0 Å². The number of hydrogen-bond acceptors (Lipinski definition) is 0. The summed E-state index contributed by atoms with van der Waals surface area (Å²) < 4.78 is 21.0. The van der Waals surface area contributed by atoms with Crippen LogP contribution in [-0.2, 0) is 0 Å². The fraction of sp³-hybridized carbons (Fsp3) is 0. The molecular formula is F2I2. The summed E-state index contributed by atoms with van der Waals surface area (Å²) in [5.74, 6) is 0. The molecule has 0 N–H and O–H groups in total. The minimum absolute atomic E-state index is 1.17. The second-order valence-corrected chi connectivity index (χ2v) is 5.22. The van der Waals surface area contributed by atoms with Gasteiger partial charge in [0.15, 0.2) is 0 Å². The molecule has 0 nitrogen and oxygen atoms in total. The van der Waals surface area contributed by atoms with Crippen LogP contribution in [0.4, 0.5) is 5.72 Å². The summed E-state index contributed by atoms with van der Waals surface area (Å²) in [6, 6.07) is 0. The van der Waals surface area contributed by atoms with Gasteiger partial charge in [0.2, 0.25) is 0 Å². The van der Waals surface area contributed by atoms with Crippen molar-refractivity contribution in [2.45, 2.75) is 0 Å². The van der Waals surface area contributed by atoms with Crippen LogP contribution in [0.15, 0.2) is 0 Å². The van der Waals surface area contributed by atoms with Crippen LogP contribution in [0, 0.1) is 0 Å². The van der Waals surface area contributed by atoms with Crippen LogP contribution in [0.5, 0.6) is 0 Å². The van der Waals surface area contributed by atoms with E-state index in [-0.39, 0.29) is 0 Å². The zero-order valence-corrected chi connectivity index (χ0v) is 5.83. The first-order valence-electron chi connectivity index (χ1n) is 0.429. The van der Waals surface area contributed by atoms with Crippen molar-refractivity contribution in [3.63, 3.8) is 0 Å². The first kappa shape index (κ1) is 5.32. The molecule has 0 radical (unpaired) electrons. The van der Waals surface area contributed by atoms with E-state index in [0.717, 1.165) is 0 Å². The Balaban J connectivity index is 2.32. The topological polar surface area (TPSA) is 0 Å². The Kier molecular flexibility index (Phi) is 3.39. The fourth-order valence-corrected chi connectivity index (χ4v) is 0. The molecule has 0 heterocycles. The van der Waals surface area contributed by atoms with Gasteiger partial charge in [0.05, 0.1) is 0 Å². The van der Waals surface area contributed by atoms with Crippen molar-refractivity contribution in [1.29, 1.82) is 0 Å². The third-order valence-corrected chi connectivity index (χ3v) is 0. The minimum atomic E-state index is -3.29. The molecule has 0 bridgehead atoms. The van der Waals surface area contributed by atoms with Gasteiger partial charge in [-0.3, -0.25) is 0 Å². The predicted octanol–water partition coefficient (Wildman–Crippen LogP) is 2.61. The SMILES string of the molecule is FI(F)I. The summed E-state index contributed by atoms with van der Waals surface area (Å²) in [4.78, 5) is 0. The third-order valence-electron chi connectivity index (χ3n) is 0. The number of hydrogen-bond donors (Lipinski definition) is 0. The van der Waals surface area contributed by atoms with E-state index in [4.69, 9.17) is 0 Å². The summed E-state index contributed by atoms with van der Waals surface area (Å²) in [6.07, 6.45) is 0. The predicted molar refractivity (Wildman–Crippen MR) is 30.3 cm³/mol. The Bertz CT molecular complexity index is 8.75. The van der Waals surface area contributed by atoms with Gasteiger partial charge in [-0.15, -0.1) is 0 Å².